The minimum absolute atomic E-state index is 0.000617. The predicted octanol–water partition coefficient (Wildman–Crippen LogP) is 3.12. The number of hydrogen-bond donors (Lipinski definition) is 1. The van der Waals surface area contributed by atoms with Crippen LogP contribution in [0, 0.1) is 23.7 Å². The average molecular weight is 350 g/mol. The van der Waals surface area contributed by atoms with Crippen LogP contribution in [0.4, 0.5) is 0 Å². The lowest BCUT2D eigenvalue weighted by Crippen LogP contribution is -2.36. The Morgan fingerprint density at radius 2 is 1.96 bits per heavy atom. The van der Waals surface area contributed by atoms with Gasteiger partial charge in [-0.25, -0.2) is 0 Å². The highest BCUT2D eigenvalue weighted by Gasteiger charge is 2.45. The number of aliphatic hydroxyl groups is 1. The zero-order valence-electron chi connectivity index (χ0n) is 15.6. The van der Waals surface area contributed by atoms with Crippen LogP contribution in [0.25, 0.3) is 5.70 Å². The van der Waals surface area contributed by atoms with Crippen molar-refractivity contribution in [3.8, 4) is 12.3 Å². The molecule has 4 nitrogen and oxygen atoms in total. The van der Waals surface area contributed by atoms with Crippen molar-refractivity contribution in [1.29, 1.82) is 0 Å². The van der Waals surface area contributed by atoms with Crippen molar-refractivity contribution < 1.29 is 9.90 Å². The molecule has 1 saturated heterocycles. The van der Waals surface area contributed by atoms with Crippen LogP contribution in [0.1, 0.15) is 62.5 Å². The maximum atomic E-state index is 12.6. The number of ketones is 1. The zero-order chi connectivity index (χ0) is 18.5. The van der Waals surface area contributed by atoms with E-state index in [4.69, 9.17) is 6.42 Å². The SMILES string of the molecule is C#CC1=C(N2CCC3(CC2)CC3)c2cc(C(O)C(C)C)ncc2CC1=O. The second-order valence-electron chi connectivity index (χ2n) is 8.41. The number of likely N-dealkylation sites (tertiary alicyclic amines) is 1. The molecule has 4 heteroatoms. The maximum Gasteiger partial charge on any atom is 0.177 e. The standard InChI is InChI=1S/C22H26N2O2/c1-4-16-19(25)11-15-13-23-18(21(26)14(2)3)12-17(15)20(16)24-9-7-22(5-6-22)8-10-24/h1,12-14,21,26H,5-11H2,2-3H3. The largest absolute Gasteiger partial charge is 0.387 e. The summed E-state index contributed by atoms with van der Waals surface area (Å²) in [7, 11) is 0. The van der Waals surface area contributed by atoms with Gasteiger partial charge < -0.3 is 10.0 Å². The molecule has 1 aromatic rings. The van der Waals surface area contributed by atoms with Crippen molar-refractivity contribution in [2.45, 2.75) is 52.1 Å². The summed E-state index contributed by atoms with van der Waals surface area (Å²) in [6.07, 6.45) is 12.2. The number of fused-ring (bicyclic) bond motifs is 1. The van der Waals surface area contributed by atoms with Crippen molar-refractivity contribution in [2.75, 3.05) is 13.1 Å². The van der Waals surface area contributed by atoms with E-state index in [1.165, 1.54) is 25.7 Å². The average Bonchev–Trinajstić information content (AvgIpc) is 3.39. The third kappa shape index (κ3) is 2.85. The third-order valence-electron chi connectivity index (χ3n) is 6.31. The van der Waals surface area contributed by atoms with Crippen LogP contribution in [0.2, 0.25) is 0 Å². The first-order valence-corrected chi connectivity index (χ1v) is 9.60. The smallest absolute Gasteiger partial charge is 0.177 e. The normalized spacial score (nSPS) is 22.4. The summed E-state index contributed by atoms with van der Waals surface area (Å²) in [5.41, 5.74) is 4.47. The lowest BCUT2D eigenvalue weighted by molar-refractivity contribution is -0.114. The summed E-state index contributed by atoms with van der Waals surface area (Å²) >= 11 is 0. The lowest BCUT2D eigenvalue weighted by Gasteiger charge is -2.38. The second kappa shape index (κ2) is 6.25. The van der Waals surface area contributed by atoms with E-state index in [0.29, 0.717) is 23.1 Å². The van der Waals surface area contributed by atoms with Crippen molar-refractivity contribution >= 4 is 11.5 Å². The monoisotopic (exact) mass is 350 g/mol. The fraction of sp³-hybridized carbons (Fsp3) is 0.545. The third-order valence-corrected chi connectivity index (χ3v) is 6.31. The number of nitrogens with zero attached hydrogens (tertiary/aromatic N) is 2. The van der Waals surface area contributed by atoms with E-state index < -0.39 is 6.10 Å². The molecule has 136 valence electrons. The molecule has 1 atom stereocenters. The number of aromatic nitrogens is 1. The van der Waals surface area contributed by atoms with Crippen LogP contribution in [0.3, 0.4) is 0 Å². The number of carbonyl (C=O) groups is 1. The van der Waals surface area contributed by atoms with Gasteiger partial charge in [-0.2, -0.15) is 0 Å². The van der Waals surface area contributed by atoms with E-state index in [9.17, 15) is 9.90 Å². The molecule has 0 radical (unpaired) electrons. The highest BCUT2D eigenvalue weighted by molar-refractivity contribution is 6.10. The lowest BCUT2D eigenvalue weighted by atomic mass is 9.85. The molecule has 1 spiro atoms. The molecule has 1 aliphatic heterocycles. The van der Waals surface area contributed by atoms with Crippen LogP contribution in [0.5, 0.6) is 0 Å². The minimum Gasteiger partial charge on any atom is -0.387 e. The first kappa shape index (κ1) is 17.3. The number of aliphatic hydroxyl groups excluding tert-OH is 1. The summed E-state index contributed by atoms with van der Waals surface area (Å²) in [4.78, 5) is 19.3. The molecule has 0 bridgehead atoms. The predicted molar refractivity (Wildman–Crippen MR) is 101 cm³/mol. The summed E-state index contributed by atoms with van der Waals surface area (Å²) in [5.74, 6) is 2.73. The van der Waals surface area contributed by atoms with E-state index in [2.05, 4.69) is 15.8 Å². The van der Waals surface area contributed by atoms with Gasteiger partial charge in [0.1, 0.15) is 0 Å². The molecule has 2 fully saturated rings. The molecule has 26 heavy (non-hydrogen) atoms. The summed E-state index contributed by atoms with van der Waals surface area (Å²) in [6.45, 7) is 5.83. The highest BCUT2D eigenvalue weighted by Crippen LogP contribution is 2.54. The van der Waals surface area contributed by atoms with Gasteiger partial charge in [-0.3, -0.25) is 9.78 Å². The molecule has 4 rings (SSSR count). The van der Waals surface area contributed by atoms with Gasteiger partial charge in [0.25, 0.3) is 0 Å². The fourth-order valence-corrected chi connectivity index (χ4v) is 4.25. The van der Waals surface area contributed by atoms with Gasteiger partial charge in [-0.1, -0.05) is 19.8 Å². The molecular weight excluding hydrogens is 324 g/mol. The zero-order valence-corrected chi connectivity index (χ0v) is 15.6. The molecule has 3 aliphatic rings. The Balaban J connectivity index is 1.76. The second-order valence-corrected chi connectivity index (χ2v) is 8.41. The molecule has 1 N–H and O–H groups in total. The van der Waals surface area contributed by atoms with Crippen LogP contribution < -0.4 is 0 Å². The molecule has 1 aromatic heterocycles. The quantitative estimate of drug-likeness (QED) is 0.851. The summed E-state index contributed by atoms with van der Waals surface area (Å²) < 4.78 is 0. The Bertz CT molecular complexity index is 817. The number of terminal acetylenes is 1. The highest BCUT2D eigenvalue weighted by atomic mass is 16.3. The number of hydrogen-bond acceptors (Lipinski definition) is 4. The van der Waals surface area contributed by atoms with Gasteiger partial charge in [-0.15, -0.1) is 6.42 Å². The van der Waals surface area contributed by atoms with E-state index >= 15 is 0 Å². The number of rotatable bonds is 3. The fourth-order valence-electron chi connectivity index (χ4n) is 4.25. The van der Waals surface area contributed by atoms with Gasteiger partial charge in [0, 0.05) is 31.3 Å². The van der Waals surface area contributed by atoms with Crippen LogP contribution in [-0.4, -0.2) is 33.9 Å². The topological polar surface area (TPSA) is 53.4 Å². The van der Waals surface area contributed by atoms with E-state index in [1.807, 2.05) is 19.9 Å². The van der Waals surface area contributed by atoms with Crippen LogP contribution in [0.15, 0.2) is 17.8 Å². The van der Waals surface area contributed by atoms with Crippen molar-refractivity contribution in [3.05, 3.63) is 34.7 Å². The Labute approximate surface area is 155 Å². The maximum absolute atomic E-state index is 12.6. The number of pyridine rings is 1. The van der Waals surface area contributed by atoms with Gasteiger partial charge in [-0.05, 0) is 48.6 Å². The van der Waals surface area contributed by atoms with Crippen LogP contribution >= 0.6 is 0 Å². The number of allylic oxidation sites excluding steroid dienone is 1. The minimum atomic E-state index is -0.621. The first-order valence-electron chi connectivity index (χ1n) is 9.60. The Kier molecular flexibility index (Phi) is 4.16. The molecule has 0 aromatic carbocycles. The number of piperidine rings is 1. The Hall–Kier alpha value is -2.12. The summed E-state index contributed by atoms with van der Waals surface area (Å²) in [6, 6.07) is 1.95. The molecular formula is C22H26N2O2. The first-order chi connectivity index (χ1) is 12.4. The van der Waals surface area contributed by atoms with Gasteiger partial charge >= 0.3 is 0 Å². The van der Waals surface area contributed by atoms with Gasteiger partial charge in [0.2, 0.25) is 0 Å². The number of carbonyl (C=O) groups excluding carboxylic acids is 1. The van der Waals surface area contributed by atoms with E-state index in [0.717, 1.165) is 29.9 Å². The van der Waals surface area contributed by atoms with Crippen molar-refractivity contribution in [2.24, 2.45) is 11.3 Å². The Morgan fingerprint density at radius 1 is 1.27 bits per heavy atom. The molecule has 2 aliphatic carbocycles. The van der Waals surface area contributed by atoms with Gasteiger partial charge in [0.15, 0.2) is 5.78 Å². The molecule has 1 saturated carbocycles. The number of Topliss-reactive ketones (excluding diaryl/α,β-unsaturated/α-hetero) is 1. The molecule has 1 unspecified atom stereocenters. The molecule has 0 amide bonds. The summed E-state index contributed by atoms with van der Waals surface area (Å²) in [5, 5.41) is 10.4. The molecule has 2 heterocycles. The van der Waals surface area contributed by atoms with E-state index in [-0.39, 0.29) is 11.7 Å². The Morgan fingerprint density at radius 3 is 2.54 bits per heavy atom. The van der Waals surface area contributed by atoms with Crippen molar-refractivity contribution in [3.63, 3.8) is 0 Å². The van der Waals surface area contributed by atoms with Crippen LogP contribution in [-0.2, 0) is 11.2 Å². The van der Waals surface area contributed by atoms with Crippen molar-refractivity contribution in [1.82, 2.24) is 9.88 Å². The van der Waals surface area contributed by atoms with E-state index in [1.54, 1.807) is 6.20 Å². The van der Waals surface area contributed by atoms with Gasteiger partial charge in [0.05, 0.1) is 23.1 Å².